The molecule has 0 aliphatic heterocycles. The van der Waals surface area contributed by atoms with Crippen molar-refractivity contribution >= 4 is 0 Å². The summed E-state index contributed by atoms with van der Waals surface area (Å²) in [6, 6.07) is 0.383. The Morgan fingerprint density at radius 3 is 2.47 bits per heavy atom. The van der Waals surface area contributed by atoms with E-state index in [0.717, 1.165) is 13.0 Å². The summed E-state index contributed by atoms with van der Waals surface area (Å²) < 4.78 is 0. The van der Waals surface area contributed by atoms with Crippen molar-refractivity contribution in [3.63, 3.8) is 0 Å². The Kier molecular flexibility index (Phi) is 3.68. The molecule has 0 heterocycles. The Morgan fingerprint density at radius 2 is 1.93 bits per heavy atom. The molecule has 0 saturated heterocycles. The summed E-state index contributed by atoms with van der Waals surface area (Å²) in [6.45, 7) is 3.45. The molecule has 0 aromatic heterocycles. The third-order valence-electron chi connectivity index (χ3n) is 4.63. The van der Waals surface area contributed by atoms with Crippen LogP contribution >= 0.6 is 0 Å². The number of aliphatic hydroxyl groups is 1. The molecule has 2 aliphatic carbocycles. The molecule has 2 saturated carbocycles. The predicted molar refractivity (Wildman–Crippen MR) is 62.8 cm³/mol. The maximum Gasteiger partial charge on any atom is 0.0693 e. The topological polar surface area (TPSA) is 32.3 Å². The van der Waals surface area contributed by atoms with Crippen molar-refractivity contribution < 1.29 is 5.11 Å². The number of nitrogens with one attached hydrogen (secondary N) is 1. The van der Waals surface area contributed by atoms with Gasteiger partial charge in [0.15, 0.2) is 0 Å². The Morgan fingerprint density at radius 1 is 1.20 bits per heavy atom. The van der Waals surface area contributed by atoms with E-state index in [1.165, 1.54) is 44.9 Å². The third kappa shape index (κ3) is 2.54. The molecule has 0 unspecified atom stereocenters. The first kappa shape index (κ1) is 11.4. The highest BCUT2D eigenvalue weighted by atomic mass is 16.3. The van der Waals surface area contributed by atoms with E-state index in [1.54, 1.807) is 0 Å². The minimum atomic E-state index is -0.0830. The molecule has 2 rings (SSSR count). The van der Waals surface area contributed by atoms with E-state index in [2.05, 4.69) is 12.2 Å². The molecule has 0 aromatic carbocycles. The van der Waals surface area contributed by atoms with Gasteiger partial charge in [-0.3, -0.25) is 0 Å². The van der Waals surface area contributed by atoms with Gasteiger partial charge in [-0.25, -0.2) is 0 Å². The quantitative estimate of drug-likeness (QED) is 0.748. The molecule has 0 aromatic rings. The van der Waals surface area contributed by atoms with Crippen molar-refractivity contribution in [2.75, 3.05) is 6.54 Å². The van der Waals surface area contributed by atoms with Crippen LogP contribution in [0.5, 0.6) is 0 Å². The van der Waals surface area contributed by atoms with Gasteiger partial charge in [0.05, 0.1) is 6.10 Å². The van der Waals surface area contributed by atoms with Crippen molar-refractivity contribution in [3.05, 3.63) is 0 Å². The van der Waals surface area contributed by atoms with Crippen molar-refractivity contribution in [3.8, 4) is 0 Å². The fourth-order valence-corrected chi connectivity index (χ4v) is 3.31. The van der Waals surface area contributed by atoms with Crippen LogP contribution < -0.4 is 5.32 Å². The van der Waals surface area contributed by atoms with Crippen LogP contribution in [0.2, 0.25) is 0 Å². The SMILES string of the molecule is CCC1(CN[C@H]2CCC[C@@H]2O)CCCC1. The zero-order valence-electron chi connectivity index (χ0n) is 9.97. The van der Waals surface area contributed by atoms with Crippen LogP contribution in [-0.4, -0.2) is 23.8 Å². The summed E-state index contributed by atoms with van der Waals surface area (Å²) >= 11 is 0. The van der Waals surface area contributed by atoms with E-state index in [-0.39, 0.29) is 6.10 Å². The molecule has 0 radical (unpaired) electrons. The summed E-state index contributed by atoms with van der Waals surface area (Å²) in [7, 11) is 0. The first-order chi connectivity index (χ1) is 7.26. The molecule has 2 aliphatic rings. The highest BCUT2D eigenvalue weighted by Gasteiger charge is 2.33. The standard InChI is InChI=1S/C13H25NO/c1-2-13(8-3-4-9-13)10-14-11-6-5-7-12(11)15/h11-12,14-15H,2-10H2,1H3/t11-,12-/m0/s1. The minimum absolute atomic E-state index is 0.0830. The molecule has 2 N–H and O–H groups in total. The van der Waals surface area contributed by atoms with Gasteiger partial charge in [-0.2, -0.15) is 0 Å². The second-order valence-electron chi connectivity index (χ2n) is 5.55. The van der Waals surface area contributed by atoms with Gasteiger partial charge < -0.3 is 10.4 Å². The Bertz CT molecular complexity index is 199. The van der Waals surface area contributed by atoms with Gasteiger partial charge in [0.25, 0.3) is 0 Å². The predicted octanol–water partition coefficient (Wildman–Crippen LogP) is 2.46. The smallest absolute Gasteiger partial charge is 0.0693 e. The summed E-state index contributed by atoms with van der Waals surface area (Å²) in [6.07, 6.45) is 10.2. The lowest BCUT2D eigenvalue weighted by Gasteiger charge is -2.30. The summed E-state index contributed by atoms with van der Waals surface area (Å²) in [5.41, 5.74) is 0.558. The lowest BCUT2D eigenvalue weighted by molar-refractivity contribution is 0.137. The molecule has 2 nitrogen and oxygen atoms in total. The fraction of sp³-hybridized carbons (Fsp3) is 1.00. The number of hydrogen-bond acceptors (Lipinski definition) is 2. The summed E-state index contributed by atoms with van der Waals surface area (Å²) in [4.78, 5) is 0. The van der Waals surface area contributed by atoms with Gasteiger partial charge in [-0.05, 0) is 43.9 Å². The van der Waals surface area contributed by atoms with E-state index < -0.39 is 0 Å². The molecule has 15 heavy (non-hydrogen) atoms. The number of aliphatic hydroxyl groups excluding tert-OH is 1. The van der Waals surface area contributed by atoms with Gasteiger partial charge in [-0.15, -0.1) is 0 Å². The van der Waals surface area contributed by atoms with E-state index in [4.69, 9.17) is 0 Å². The van der Waals surface area contributed by atoms with Crippen LogP contribution in [0.4, 0.5) is 0 Å². The largest absolute Gasteiger partial charge is 0.392 e. The average Bonchev–Trinajstić information content (AvgIpc) is 2.85. The van der Waals surface area contributed by atoms with Gasteiger partial charge in [0.1, 0.15) is 0 Å². The maximum atomic E-state index is 9.76. The zero-order chi connectivity index (χ0) is 10.7. The van der Waals surface area contributed by atoms with Crippen molar-refractivity contribution in [1.29, 1.82) is 0 Å². The molecule has 0 bridgehead atoms. The first-order valence-corrected chi connectivity index (χ1v) is 6.67. The number of rotatable bonds is 4. The lowest BCUT2D eigenvalue weighted by Crippen LogP contribution is -2.42. The normalized spacial score (nSPS) is 34.8. The summed E-state index contributed by atoms with van der Waals surface area (Å²) in [5, 5.41) is 13.4. The molecule has 0 spiro atoms. The monoisotopic (exact) mass is 211 g/mol. The highest BCUT2D eigenvalue weighted by Crippen LogP contribution is 2.40. The molecule has 2 atom stereocenters. The molecule has 2 fully saturated rings. The van der Waals surface area contributed by atoms with Crippen LogP contribution in [-0.2, 0) is 0 Å². The van der Waals surface area contributed by atoms with Crippen LogP contribution in [0.3, 0.4) is 0 Å². The molecule has 88 valence electrons. The minimum Gasteiger partial charge on any atom is -0.392 e. The zero-order valence-corrected chi connectivity index (χ0v) is 9.97. The molecule has 2 heteroatoms. The Balaban J connectivity index is 1.80. The Labute approximate surface area is 93.5 Å². The van der Waals surface area contributed by atoms with Gasteiger partial charge in [0, 0.05) is 12.6 Å². The second kappa shape index (κ2) is 4.84. The molecular formula is C13H25NO. The number of hydrogen-bond donors (Lipinski definition) is 2. The van der Waals surface area contributed by atoms with Crippen LogP contribution in [0, 0.1) is 5.41 Å². The average molecular weight is 211 g/mol. The fourth-order valence-electron chi connectivity index (χ4n) is 3.31. The Hall–Kier alpha value is -0.0800. The van der Waals surface area contributed by atoms with Gasteiger partial charge >= 0.3 is 0 Å². The van der Waals surface area contributed by atoms with E-state index in [9.17, 15) is 5.11 Å². The van der Waals surface area contributed by atoms with Crippen molar-refractivity contribution in [2.24, 2.45) is 5.41 Å². The van der Waals surface area contributed by atoms with E-state index in [1.807, 2.05) is 0 Å². The van der Waals surface area contributed by atoms with E-state index in [0.29, 0.717) is 11.5 Å². The van der Waals surface area contributed by atoms with Crippen LogP contribution in [0.15, 0.2) is 0 Å². The lowest BCUT2D eigenvalue weighted by atomic mass is 9.83. The third-order valence-corrected chi connectivity index (χ3v) is 4.63. The van der Waals surface area contributed by atoms with E-state index >= 15 is 0 Å². The van der Waals surface area contributed by atoms with Gasteiger partial charge in [0.2, 0.25) is 0 Å². The second-order valence-corrected chi connectivity index (χ2v) is 5.55. The van der Waals surface area contributed by atoms with Crippen molar-refractivity contribution in [1.82, 2.24) is 5.32 Å². The van der Waals surface area contributed by atoms with Crippen LogP contribution in [0.1, 0.15) is 58.3 Å². The van der Waals surface area contributed by atoms with Crippen molar-refractivity contribution in [2.45, 2.75) is 70.4 Å². The summed E-state index contributed by atoms with van der Waals surface area (Å²) in [5.74, 6) is 0. The highest BCUT2D eigenvalue weighted by molar-refractivity contribution is 4.89. The van der Waals surface area contributed by atoms with Crippen LogP contribution in [0.25, 0.3) is 0 Å². The molecular weight excluding hydrogens is 186 g/mol. The maximum absolute atomic E-state index is 9.76. The first-order valence-electron chi connectivity index (χ1n) is 6.67. The molecule has 0 amide bonds. The van der Waals surface area contributed by atoms with Gasteiger partial charge in [-0.1, -0.05) is 19.8 Å².